The van der Waals surface area contributed by atoms with Gasteiger partial charge in [0.05, 0.1) is 0 Å². The molecule has 3 rings (SSSR count). The molecular weight excluding hydrogens is 344 g/mol. The van der Waals surface area contributed by atoms with E-state index in [-0.39, 0.29) is 5.54 Å². The van der Waals surface area contributed by atoms with Gasteiger partial charge in [-0.1, -0.05) is 35.8 Å². The topological polar surface area (TPSA) is 29.3 Å². The number of fused-ring (bicyclic) bond motifs is 1. The van der Waals surface area contributed by atoms with Crippen LogP contribution < -0.4 is 5.73 Å². The molecule has 0 bridgehead atoms. The Labute approximate surface area is 141 Å². The van der Waals surface area contributed by atoms with Crippen molar-refractivity contribution in [3.63, 3.8) is 0 Å². The molecule has 0 spiro atoms. The van der Waals surface area contributed by atoms with Crippen LogP contribution in [0.2, 0.25) is 0 Å². The summed E-state index contributed by atoms with van der Waals surface area (Å²) in [6.45, 7) is 7.83. The van der Waals surface area contributed by atoms with Crippen molar-refractivity contribution in [3.05, 3.63) is 33.8 Å². The molecule has 21 heavy (non-hydrogen) atoms. The molecular formula is C17H25BrN2S. The van der Waals surface area contributed by atoms with Gasteiger partial charge in [-0.05, 0) is 42.5 Å². The molecule has 116 valence electrons. The Morgan fingerprint density at radius 2 is 2.00 bits per heavy atom. The van der Waals surface area contributed by atoms with Crippen LogP contribution >= 0.6 is 27.7 Å². The molecule has 1 aliphatic carbocycles. The lowest BCUT2D eigenvalue weighted by Crippen LogP contribution is -2.61. The van der Waals surface area contributed by atoms with Crippen LogP contribution in [0.25, 0.3) is 0 Å². The molecule has 1 fully saturated rings. The molecule has 2 N–H and O–H groups in total. The first-order valence-corrected chi connectivity index (χ1v) is 9.64. The Morgan fingerprint density at radius 1 is 1.29 bits per heavy atom. The van der Waals surface area contributed by atoms with Crippen LogP contribution in [0.5, 0.6) is 0 Å². The van der Waals surface area contributed by atoms with Crippen molar-refractivity contribution in [3.8, 4) is 0 Å². The monoisotopic (exact) mass is 368 g/mol. The van der Waals surface area contributed by atoms with Crippen LogP contribution in [0.1, 0.15) is 31.4 Å². The number of rotatable bonds is 2. The average molecular weight is 369 g/mol. The first-order chi connectivity index (χ1) is 10.0. The summed E-state index contributed by atoms with van der Waals surface area (Å²) in [6.07, 6.45) is 3.45. The van der Waals surface area contributed by atoms with Gasteiger partial charge >= 0.3 is 0 Å². The first kappa shape index (κ1) is 15.9. The van der Waals surface area contributed by atoms with Gasteiger partial charge < -0.3 is 5.73 Å². The Hall–Kier alpha value is -0.0300. The minimum atomic E-state index is 0.171. The molecule has 2 aliphatic rings. The zero-order valence-corrected chi connectivity index (χ0v) is 15.3. The van der Waals surface area contributed by atoms with Gasteiger partial charge in [0.1, 0.15) is 0 Å². The summed E-state index contributed by atoms with van der Waals surface area (Å²) < 4.78 is 1.19. The lowest BCUT2D eigenvalue weighted by atomic mass is 9.76. The molecule has 1 saturated heterocycles. The Kier molecular flexibility index (Phi) is 4.70. The molecule has 3 atom stereocenters. The number of benzene rings is 1. The van der Waals surface area contributed by atoms with E-state index < -0.39 is 0 Å². The van der Waals surface area contributed by atoms with E-state index >= 15 is 0 Å². The molecule has 0 radical (unpaired) electrons. The standard InChI is InChI=1S/C17H25BrN2S/c1-12-9-20(10-13(2)21-12)17(11-19)6-5-14-7-16(18)4-3-15(14)8-17/h3-4,7,12-13H,5-6,8-11,19H2,1-2H3. The van der Waals surface area contributed by atoms with E-state index in [2.05, 4.69) is 64.6 Å². The van der Waals surface area contributed by atoms with Gasteiger partial charge in [0.25, 0.3) is 0 Å². The molecule has 1 heterocycles. The van der Waals surface area contributed by atoms with Crippen molar-refractivity contribution >= 4 is 27.7 Å². The maximum atomic E-state index is 6.29. The van der Waals surface area contributed by atoms with Crippen LogP contribution in [0, 0.1) is 0 Å². The summed E-state index contributed by atoms with van der Waals surface area (Å²) in [5.74, 6) is 0. The van der Waals surface area contributed by atoms with Crippen molar-refractivity contribution in [1.29, 1.82) is 0 Å². The molecule has 3 unspecified atom stereocenters. The van der Waals surface area contributed by atoms with Gasteiger partial charge in [0.2, 0.25) is 0 Å². The lowest BCUT2D eigenvalue weighted by Gasteiger charge is -2.50. The number of nitrogens with two attached hydrogens (primary N) is 1. The second-order valence-corrected chi connectivity index (χ2v) is 9.48. The number of nitrogens with zero attached hydrogens (tertiary/aromatic N) is 1. The lowest BCUT2D eigenvalue weighted by molar-refractivity contribution is 0.0774. The van der Waals surface area contributed by atoms with Crippen molar-refractivity contribution in [2.75, 3.05) is 19.6 Å². The minimum absolute atomic E-state index is 0.171. The Bertz CT molecular complexity index is 512. The molecule has 0 aromatic heterocycles. The third-order valence-corrected chi connectivity index (χ3v) is 6.74. The summed E-state index contributed by atoms with van der Waals surface area (Å²) in [7, 11) is 0. The fourth-order valence-electron chi connectivity index (χ4n) is 3.95. The molecule has 2 nitrogen and oxygen atoms in total. The van der Waals surface area contributed by atoms with Crippen molar-refractivity contribution < 1.29 is 0 Å². The molecule has 1 aromatic rings. The van der Waals surface area contributed by atoms with Gasteiger partial charge in [-0.15, -0.1) is 0 Å². The normalized spacial score (nSPS) is 33.7. The van der Waals surface area contributed by atoms with E-state index in [1.807, 2.05) is 0 Å². The van der Waals surface area contributed by atoms with E-state index in [4.69, 9.17) is 5.73 Å². The summed E-state index contributed by atoms with van der Waals surface area (Å²) in [6, 6.07) is 6.74. The summed E-state index contributed by atoms with van der Waals surface area (Å²) in [5, 5.41) is 1.42. The van der Waals surface area contributed by atoms with Crippen LogP contribution in [0.4, 0.5) is 0 Å². The third-order valence-electron chi connectivity index (χ3n) is 5.02. The van der Waals surface area contributed by atoms with Crippen molar-refractivity contribution in [1.82, 2.24) is 4.90 Å². The second kappa shape index (κ2) is 6.23. The quantitative estimate of drug-likeness (QED) is 0.866. The summed E-state index contributed by atoms with van der Waals surface area (Å²) in [5.41, 5.74) is 9.46. The van der Waals surface area contributed by atoms with E-state index in [9.17, 15) is 0 Å². The summed E-state index contributed by atoms with van der Waals surface area (Å²) >= 11 is 5.71. The van der Waals surface area contributed by atoms with Gasteiger partial charge in [-0.25, -0.2) is 0 Å². The highest BCUT2D eigenvalue weighted by molar-refractivity contribution is 9.10. The molecule has 0 amide bonds. The number of halogens is 1. The van der Waals surface area contributed by atoms with E-state index in [1.165, 1.54) is 35.1 Å². The third kappa shape index (κ3) is 3.19. The summed E-state index contributed by atoms with van der Waals surface area (Å²) in [4.78, 5) is 2.70. The van der Waals surface area contributed by atoms with Crippen molar-refractivity contribution in [2.45, 2.75) is 49.1 Å². The van der Waals surface area contributed by atoms with Gasteiger partial charge in [0.15, 0.2) is 0 Å². The van der Waals surface area contributed by atoms with Crippen LogP contribution in [-0.2, 0) is 12.8 Å². The van der Waals surface area contributed by atoms with E-state index in [1.54, 1.807) is 0 Å². The number of thioether (sulfide) groups is 1. The number of aryl methyl sites for hydroxylation is 1. The van der Waals surface area contributed by atoms with Crippen molar-refractivity contribution in [2.24, 2.45) is 5.73 Å². The number of hydrogen-bond acceptors (Lipinski definition) is 3. The average Bonchev–Trinajstić information content (AvgIpc) is 2.45. The van der Waals surface area contributed by atoms with E-state index in [0.717, 1.165) is 19.4 Å². The van der Waals surface area contributed by atoms with Crippen LogP contribution in [0.3, 0.4) is 0 Å². The fraction of sp³-hybridized carbons (Fsp3) is 0.647. The first-order valence-electron chi connectivity index (χ1n) is 7.90. The largest absolute Gasteiger partial charge is 0.329 e. The minimum Gasteiger partial charge on any atom is -0.329 e. The zero-order chi connectivity index (χ0) is 15.0. The van der Waals surface area contributed by atoms with Gasteiger partial charge in [-0.3, -0.25) is 4.90 Å². The number of hydrogen-bond donors (Lipinski definition) is 1. The highest BCUT2D eigenvalue weighted by Crippen LogP contribution is 2.37. The van der Waals surface area contributed by atoms with E-state index in [0.29, 0.717) is 10.5 Å². The second-order valence-electron chi connectivity index (χ2n) is 6.68. The maximum Gasteiger partial charge on any atom is 0.0376 e. The predicted molar refractivity (Wildman–Crippen MR) is 96.0 cm³/mol. The highest BCUT2D eigenvalue weighted by atomic mass is 79.9. The van der Waals surface area contributed by atoms with Gasteiger partial charge in [0, 0.05) is 40.1 Å². The predicted octanol–water partition coefficient (Wildman–Crippen LogP) is 3.46. The Balaban J connectivity index is 1.86. The highest BCUT2D eigenvalue weighted by Gasteiger charge is 2.41. The van der Waals surface area contributed by atoms with Gasteiger partial charge in [-0.2, -0.15) is 11.8 Å². The fourth-order valence-corrected chi connectivity index (χ4v) is 5.68. The molecule has 0 saturated carbocycles. The molecule has 1 aromatic carbocycles. The van der Waals surface area contributed by atoms with Crippen LogP contribution in [-0.4, -0.2) is 40.6 Å². The molecule has 4 heteroatoms. The maximum absolute atomic E-state index is 6.29. The van der Waals surface area contributed by atoms with Crippen LogP contribution in [0.15, 0.2) is 22.7 Å². The zero-order valence-electron chi connectivity index (χ0n) is 12.9. The Morgan fingerprint density at radius 3 is 2.67 bits per heavy atom. The SMILES string of the molecule is CC1CN(C2(CN)CCc3cc(Br)ccc3C2)CC(C)S1. The smallest absolute Gasteiger partial charge is 0.0376 e. The molecule has 1 aliphatic heterocycles.